The van der Waals surface area contributed by atoms with Crippen LogP contribution in [-0.4, -0.2) is 46.4 Å². The van der Waals surface area contributed by atoms with Crippen LogP contribution in [0.15, 0.2) is 60.0 Å². The Balaban J connectivity index is 1.98. The van der Waals surface area contributed by atoms with Gasteiger partial charge in [-0.25, -0.2) is 8.42 Å². The van der Waals surface area contributed by atoms with Crippen molar-refractivity contribution >= 4 is 21.4 Å². The van der Waals surface area contributed by atoms with Crippen LogP contribution in [0.1, 0.15) is 6.92 Å². The minimum Gasteiger partial charge on any atom is -0.497 e. The van der Waals surface area contributed by atoms with Crippen molar-refractivity contribution < 1.29 is 27.4 Å². The normalized spacial score (nSPS) is 18.1. The quantitative estimate of drug-likeness (QED) is 0.689. The molecule has 0 aliphatic carbocycles. The Hall–Kier alpha value is -3.00. The second kappa shape index (κ2) is 8.57. The Kier molecular flexibility index (Phi) is 6.12. The molecule has 1 aliphatic heterocycles. The van der Waals surface area contributed by atoms with Crippen molar-refractivity contribution in [2.24, 2.45) is 0 Å². The second-order valence-electron chi connectivity index (χ2n) is 6.54. The molecule has 0 fully saturated rings. The summed E-state index contributed by atoms with van der Waals surface area (Å²) in [6.45, 7) is 1.63. The number of anilines is 1. The number of nitrogens with zero attached hydrogens (tertiary/aromatic N) is 1. The molecule has 2 atom stereocenters. The third-order valence-corrected chi connectivity index (χ3v) is 5.91. The number of sulfone groups is 1. The zero-order valence-electron chi connectivity index (χ0n) is 16.4. The number of ether oxygens (including phenoxy) is 3. The van der Waals surface area contributed by atoms with Gasteiger partial charge in [0.25, 0.3) is 5.91 Å². The van der Waals surface area contributed by atoms with Crippen LogP contribution in [0.3, 0.4) is 0 Å². The first kappa shape index (κ1) is 20.7. The molecule has 2 aromatic carbocycles. The molecule has 0 aromatic heterocycles. The van der Waals surface area contributed by atoms with E-state index in [1.165, 1.54) is 25.2 Å². The Morgan fingerprint density at radius 1 is 1.07 bits per heavy atom. The van der Waals surface area contributed by atoms with Crippen LogP contribution in [-0.2, 0) is 14.6 Å². The first-order chi connectivity index (χ1) is 13.8. The Morgan fingerprint density at radius 2 is 1.79 bits per heavy atom. The number of para-hydroxylation sites is 1. The average Bonchev–Trinajstić information content (AvgIpc) is 3.08. The van der Waals surface area contributed by atoms with Gasteiger partial charge in [-0.3, -0.25) is 9.69 Å². The maximum atomic E-state index is 13.4. The zero-order valence-corrected chi connectivity index (χ0v) is 17.3. The van der Waals surface area contributed by atoms with Crippen molar-refractivity contribution in [1.82, 2.24) is 0 Å². The molecule has 0 radical (unpaired) electrons. The van der Waals surface area contributed by atoms with E-state index in [1.54, 1.807) is 37.3 Å². The second-order valence-corrected chi connectivity index (χ2v) is 8.48. The summed E-state index contributed by atoms with van der Waals surface area (Å²) in [5.74, 6) is 0.906. The molecule has 7 nitrogen and oxygen atoms in total. The maximum absolute atomic E-state index is 13.4. The van der Waals surface area contributed by atoms with Gasteiger partial charge in [0.1, 0.15) is 17.2 Å². The van der Waals surface area contributed by atoms with Gasteiger partial charge in [0.15, 0.2) is 15.9 Å². The van der Waals surface area contributed by atoms with Gasteiger partial charge in [-0.05, 0) is 37.3 Å². The summed E-state index contributed by atoms with van der Waals surface area (Å²) in [7, 11) is -0.374. The molecule has 8 heteroatoms. The van der Waals surface area contributed by atoms with E-state index in [0.29, 0.717) is 22.9 Å². The van der Waals surface area contributed by atoms with Crippen molar-refractivity contribution in [1.29, 1.82) is 0 Å². The van der Waals surface area contributed by atoms with Crippen LogP contribution in [0.5, 0.6) is 17.2 Å². The van der Waals surface area contributed by atoms with Crippen molar-refractivity contribution in [3.63, 3.8) is 0 Å². The number of amides is 1. The van der Waals surface area contributed by atoms with E-state index >= 15 is 0 Å². The summed E-state index contributed by atoms with van der Waals surface area (Å²) < 4.78 is 40.5. The van der Waals surface area contributed by atoms with Crippen LogP contribution in [0, 0.1) is 0 Å². The smallest absolute Gasteiger partial charge is 0.268 e. The largest absolute Gasteiger partial charge is 0.497 e. The van der Waals surface area contributed by atoms with E-state index < -0.39 is 22.0 Å². The number of hydrogen-bond acceptors (Lipinski definition) is 6. The molecule has 29 heavy (non-hydrogen) atoms. The highest BCUT2D eigenvalue weighted by molar-refractivity contribution is 7.94. The summed E-state index contributed by atoms with van der Waals surface area (Å²) in [4.78, 5) is 14.8. The van der Waals surface area contributed by atoms with Gasteiger partial charge in [-0.2, -0.15) is 0 Å². The molecule has 0 saturated carbocycles. The van der Waals surface area contributed by atoms with Crippen molar-refractivity contribution in [2.45, 2.75) is 19.1 Å². The van der Waals surface area contributed by atoms with Crippen molar-refractivity contribution in [3.8, 4) is 17.2 Å². The summed E-state index contributed by atoms with van der Waals surface area (Å²) in [5.41, 5.74) is 0.438. The maximum Gasteiger partial charge on any atom is 0.268 e. The van der Waals surface area contributed by atoms with Gasteiger partial charge >= 0.3 is 0 Å². The predicted octanol–water partition coefficient (Wildman–Crippen LogP) is 2.82. The van der Waals surface area contributed by atoms with Crippen molar-refractivity contribution in [3.05, 3.63) is 60.0 Å². The fraction of sp³-hybridized carbons (Fsp3) is 0.286. The standard InChI is InChI=1S/C21H23NO6S/c1-15(28-17-7-5-4-6-8-17)21(23)22(16-11-12-29(24,25)14-16)19-10-9-18(26-2)13-20(19)27-3/h4-13,15-16H,14H2,1-3H3/t15-,16+/m0/s1. The molecule has 0 unspecified atom stereocenters. The van der Waals surface area contributed by atoms with Gasteiger partial charge in [-0.15, -0.1) is 0 Å². The lowest BCUT2D eigenvalue weighted by Crippen LogP contribution is -2.47. The number of rotatable bonds is 7. The lowest BCUT2D eigenvalue weighted by molar-refractivity contribution is -0.124. The fourth-order valence-corrected chi connectivity index (χ4v) is 4.38. The van der Waals surface area contributed by atoms with Crippen molar-refractivity contribution in [2.75, 3.05) is 24.9 Å². The van der Waals surface area contributed by atoms with Gasteiger partial charge in [0.2, 0.25) is 0 Å². The number of benzene rings is 2. The first-order valence-corrected chi connectivity index (χ1v) is 10.7. The Morgan fingerprint density at radius 3 is 2.38 bits per heavy atom. The molecule has 1 amide bonds. The number of carbonyl (C=O) groups excluding carboxylic acids is 1. The molecule has 0 bridgehead atoms. The third-order valence-electron chi connectivity index (χ3n) is 4.53. The SMILES string of the molecule is COc1ccc(N(C(=O)[C@H](C)Oc2ccccc2)[C@@H]2C=CS(=O)(=O)C2)c(OC)c1. The highest BCUT2D eigenvalue weighted by Gasteiger charge is 2.35. The molecule has 0 spiro atoms. The van der Waals surface area contributed by atoms with Gasteiger partial charge in [0, 0.05) is 11.5 Å². The monoisotopic (exact) mass is 417 g/mol. The molecule has 0 saturated heterocycles. The van der Waals surface area contributed by atoms with E-state index in [0.717, 1.165) is 5.41 Å². The topological polar surface area (TPSA) is 82.1 Å². The number of carbonyl (C=O) groups is 1. The van der Waals surface area contributed by atoms with Gasteiger partial charge in [0.05, 0.1) is 31.7 Å². The molecule has 1 heterocycles. The molecule has 1 aliphatic rings. The number of hydrogen-bond donors (Lipinski definition) is 0. The highest BCUT2D eigenvalue weighted by atomic mass is 32.2. The Labute approximate surface area is 170 Å². The summed E-state index contributed by atoms with van der Waals surface area (Å²) in [6.07, 6.45) is 0.660. The van der Waals surface area contributed by atoms with E-state index in [1.807, 2.05) is 18.2 Å². The lowest BCUT2D eigenvalue weighted by atomic mass is 10.1. The third kappa shape index (κ3) is 4.71. The summed E-state index contributed by atoms with van der Waals surface area (Å²) in [6, 6.07) is 13.3. The Bertz CT molecular complexity index is 1000. The fourth-order valence-electron chi connectivity index (χ4n) is 3.11. The van der Waals surface area contributed by atoms with Crippen LogP contribution in [0.25, 0.3) is 0 Å². The molecular formula is C21H23NO6S. The summed E-state index contributed by atoms with van der Waals surface area (Å²) >= 11 is 0. The lowest BCUT2D eigenvalue weighted by Gasteiger charge is -2.31. The first-order valence-electron chi connectivity index (χ1n) is 9.02. The van der Waals surface area contributed by atoms with E-state index in [2.05, 4.69) is 0 Å². The average molecular weight is 417 g/mol. The van der Waals surface area contributed by atoms with E-state index in [9.17, 15) is 13.2 Å². The zero-order chi connectivity index (χ0) is 21.0. The van der Waals surface area contributed by atoms with Gasteiger partial charge in [-0.1, -0.05) is 18.2 Å². The van der Waals surface area contributed by atoms with E-state index in [-0.39, 0.29) is 11.7 Å². The molecule has 3 rings (SSSR count). The highest BCUT2D eigenvalue weighted by Crippen LogP contribution is 2.35. The summed E-state index contributed by atoms with van der Waals surface area (Å²) in [5, 5.41) is 1.14. The predicted molar refractivity (Wildman–Crippen MR) is 110 cm³/mol. The minimum atomic E-state index is -3.38. The molecule has 154 valence electrons. The van der Waals surface area contributed by atoms with Crippen LogP contribution in [0.2, 0.25) is 0 Å². The van der Waals surface area contributed by atoms with Crippen LogP contribution in [0.4, 0.5) is 5.69 Å². The molecule has 2 aromatic rings. The van der Waals surface area contributed by atoms with Gasteiger partial charge < -0.3 is 14.2 Å². The minimum absolute atomic E-state index is 0.202. The molecular weight excluding hydrogens is 394 g/mol. The van der Waals surface area contributed by atoms with E-state index in [4.69, 9.17) is 14.2 Å². The van der Waals surface area contributed by atoms with Crippen LogP contribution < -0.4 is 19.1 Å². The molecule has 0 N–H and O–H groups in total. The number of methoxy groups -OCH3 is 2. The van der Waals surface area contributed by atoms with Crippen LogP contribution >= 0.6 is 0 Å².